The van der Waals surface area contributed by atoms with E-state index in [4.69, 9.17) is 37.0 Å². The van der Waals surface area contributed by atoms with Crippen molar-refractivity contribution in [3.8, 4) is 0 Å². The van der Waals surface area contributed by atoms with Gasteiger partial charge in [-0.1, -0.05) is 342 Å². The number of rotatable bonds is 77. The first-order valence-electron chi connectivity index (χ1n) is 40.8. The van der Waals surface area contributed by atoms with Crippen molar-refractivity contribution in [2.45, 2.75) is 413 Å². The molecule has 17 nitrogen and oxygen atoms in total. The number of aliphatic hydroxyl groups is 1. The van der Waals surface area contributed by atoms with Gasteiger partial charge in [-0.2, -0.15) is 0 Å². The number of hydrogen-bond acceptors (Lipinski definition) is 15. The van der Waals surface area contributed by atoms with Crippen molar-refractivity contribution in [3.63, 3.8) is 0 Å². The molecule has 0 bridgehead atoms. The Morgan fingerprint density at radius 2 is 0.596 bits per heavy atom. The first kappa shape index (κ1) is 96.5. The average Bonchev–Trinajstić information content (AvgIpc) is 1.34. The molecule has 0 spiro atoms. The van der Waals surface area contributed by atoms with Crippen molar-refractivity contribution < 1.29 is 80.2 Å². The maximum absolute atomic E-state index is 13.1. The lowest BCUT2D eigenvalue weighted by Crippen LogP contribution is -2.30. The molecule has 0 heterocycles. The van der Waals surface area contributed by atoms with E-state index in [2.05, 4.69) is 65.8 Å². The summed E-state index contributed by atoms with van der Waals surface area (Å²) >= 11 is 0. The van der Waals surface area contributed by atoms with Crippen LogP contribution in [0.4, 0.5) is 0 Å². The van der Waals surface area contributed by atoms with Crippen LogP contribution in [0.2, 0.25) is 0 Å². The Morgan fingerprint density at radius 1 is 0.333 bits per heavy atom. The van der Waals surface area contributed by atoms with Crippen molar-refractivity contribution in [3.05, 3.63) is 24.3 Å². The van der Waals surface area contributed by atoms with Gasteiger partial charge in [0.25, 0.3) is 0 Å². The number of hydrogen-bond donors (Lipinski definition) is 3. The Labute approximate surface area is 605 Å². The molecule has 0 aliphatic carbocycles. The van der Waals surface area contributed by atoms with Gasteiger partial charge in [0, 0.05) is 25.7 Å². The van der Waals surface area contributed by atoms with E-state index in [0.29, 0.717) is 25.7 Å². The van der Waals surface area contributed by atoms with Gasteiger partial charge < -0.3 is 33.8 Å². The highest BCUT2D eigenvalue weighted by Gasteiger charge is 2.30. The molecule has 0 amide bonds. The molecule has 6 atom stereocenters. The van der Waals surface area contributed by atoms with Gasteiger partial charge in [0.15, 0.2) is 12.2 Å². The molecule has 0 saturated heterocycles. The summed E-state index contributed by atoms with van der Waals surface area (Å²) in [4.78, 5) is 73.0. The number of phosphoric ester groups is 2. The monoisotopic (exact) mass is 1450 g/mol. The number of aliphatic hydroxyl groups excluding tert-OH is 1. The van der Waals surface area contributed by atoms with Crippen molar-refractivity contribution in [2.75, 3.05) is 39.6 Å². The van der Waals surface area contributed by atoms with Gasteiger partial charge >= 0.3 is 39.5 Å². The number of phosphoric acid groups is 2. The minimum atomic E-state index is -4.97. The summed E-state index contributed by atoms with van der Waals surface area (Å²) in [5.74, 6) is -0.556. The van der Waals surface area contributed by atoms with E-state index in [0.717, 1.165) is 121 Å². The van der Waals surface area contributed by atoms with E-state index in [1.165, 1.54) is 193 Å². The third kappa shape index (κ3) is 72.3. The maximum atomic E-state index is 13.1. The molecule has 0 aliphatic heterocycles. The Hall–Kier alpha value is -2.46. The Balaban J connectivity index is 5.29. The fraction of sp³-hybridized carbons (Fsp3) is 0.900. The van der Waals surface area contributed by atoms with Gasteiger partial charge in [-0.3, -0.25) is 37.3 Å². The van der Waals surface area contributed by atoms with E-state index in [-0.39, 0.29) is 25.7 Å². The molecule has 0 aromatic rings. The predicted molar refractivity (Wildman–Crippen MR) is 404 cm³/mol. The second-order valence-electron chi connectivity index (χ2n) is 28.8. The number of carbonyl (C=O) groups excluding carboxylic acids is 4. The molecule has 3 unspecified atom stereocenters. The van der Waals surface area contributed by atoms with Crippen molar-refractivity contribution >= 4 is 39.5 Å². The molecule has 0 aromatic heterocycles. The molecular weight excluding hydrogens is 1290 g/mol. The maximum Gasteiger partial charge on any atom is 0.472 e. The highest BCUT2D eigenvalue weighted by molar-refractivity contribution is 7.47. The summed E-state index contributed by atoms with van der Waals surface area (Å²) in [5, 5.41) is 10.6. The Bertz CT molecular complexity index is 2000. The fourth-order valence-electron chi connectivity index (χ4n) is 11.8. The summed E-state index contributed by atoms with van der Waals surface area (Å²) < 4.78 is 68.6. The number of esters is 4. The smallest absolute Gasteiger partial charge is 0.462 e. The summed E-state index contributed by atoms with van der Waals surface area (Å²) in [6.07, 6.45) is 63.1. The van der Waals surface area contributed by atoms with Crippen LogP contribution in [0.25, 0.3) is 0 Å². The van der Waals surface area contributed by atoms with Gasteiger partial charge in [0.1, 0.15) is 19.3 Å². The van der Waals surface area contributed by atoms with Gasteiger partial charge in [-0.25, -0.2) is 9.13 Å². The van der Waals surface area contributed by atoms with Crippen LogP contribution in [-0.2, 0) is 65.4 Å². The molecule has 3 N–H and O–H groups in total. The lowest BCUT2D eigenvalue weighted by Gasteiger charge is -2.21. The SMILES string of the molecule is CCCCCC/C=C\C=C/CCCCCCCC(=O)OC[C@H](COP(=O)(O)OC[C@@H](O)COP(=O)(O)OC[C@@H](COC(=O)CCCCCCCCCCC(C)CC)OC(=O)CCCCCCCCCCCCCCC)OC(=O)CCCCCCCCCCCCCCCCCCC(C)C. The largest absolute Gasteiger partial charge is 0.472 e. The zero-order valence-corrected chi connectivity index (χ0v) is 66.1. The van der Waals surface area contributed by atoms with Crippen LogP contribution in [-0.4, -0.2) is 96.7 Å². The van der Waals surface area contributed by atoms with Crippen LogP contribution >= 0.6 is 15.6 Å². The molecule has 0 aliphatic rings. The first-order valence-corrected chi connectivity index (χ1v) is 43.8. The summed E-state index contributed by atoms with van der Waals surface area (Å²) in [7, 11) is -9.93. The fourth-order valence-corrected chi connectivity index (χ4v) is 13.4. The molecule has 0 rings (SSSR count). The van der Waals surface area contributed by atoms with Crippen LogP contribution in [0.5, 0.6) is 0 Å². The summed E-state index contributed by atoms with van der Waals surface area (Å²) in [6.45, 7) is 9.59. The molecule has 0 saturated carbocycles. The second kappa shape index (κ2) is 71.2. The van der Waals surface area contributed by atoms with Crippen LogP contribution in [0.3, 0.4) is 0 Å². The van der Waals surface area contributed by atoms with Gasteiger partial charge in [0.2, 0.25) is 0 Å². The lowest BCUT2D eigenvalue weighted by atomic mass is 9.99. The summed E-state index contributed by atoms with van der Waals surface area (Å²) in [5.41, 5.74) is 0. The van der Waals surface area contributed by atoms with E-state index < -0.39 is 97.5 Å². The molecule has 99 heavy (non-hydrogen) atoms. The van der Waals surface area contributed by atoms with Crippen LogP contribution in [0, 0.1) is 11.8 Å². The number of allylic oxidation sites excluding steroid dienone is 4. The van der Waals surface area contributed by atoms with Crippen LogP contribution < -0.4 is 0 Å². The normalized spacial score (nSPS) is 14.4. The third-order valence-electron chi connectivity index (χ3n) is 18.4. The Morgan fingerprint density at radius 3 is 0.909 bits per heavy atom. The average molecular weight is 1450 g/mol. The Kier molecular flexibility index (Phi) is 69.4. The first-order chi connectivity index (χ1) is 47.9. The van der Waals surface area contributed by atoms with Crippen molar-refractivity contribution in [1.82, 2.24) is 0 Å². The van der Waals surface area contributed by atoms with Gasteiger partial charge in [-0.15, -0.1) is 0 Å². The quantitative estimate of drug-likeness (QED) is 0.0169. The van der Waals surface area contributed by atoms with Crippen molar-refractivity contribution in [2.24, 2.45) is 11.8 Å². The van der Waals surface area contributed by atoms with E-state index in [1.54, 1.807) is 0 Å². The van der Waals surface area contributed by atoms with E-state index >= 15 is 0 Å². The summed E-state index contributed by atoms with van der Waals surface area (Å²) in [6, 6.07) is 0. The number of carbonyl (C=O) groups is 4. The third-order valence-corrected chi connectivity index (χ3v) is 20.3. The van der Waals surface area contributed by atoms with Gasteiger partial charge in [-0.05, 0) is 63.2 Å². The topological polar surface area (TPSA) is 237 Å². The van der Waals surface area contributed by atoms with Crippen LogP contribution in [0.1, 0.15) is 395 Å². The zero-order valence-electron chi connectivity index (χ0n) is 64.3. The minimum absolute atomic E-state index is 0.101. The highest BCUT2D eigenvalue weighted by Crippen LogP contribution is 2.45. The van der Waals surface area contributed by atoms with Gasteiger partial charge in [0.05, 0.1) is 26.4 Å². The van der Waals surface area contributed by atoms with Crippen LogP contribution in [0.15, 0.2) is 24.3 Å². The van der Waals surface area contributed by atoms with Crippen molar-refractivity contribution in [1.29, 1.82) is 0 Å². The number of unbranched alkanes of at least 4 members (excludes halogenated alkanes) is 43. The second-order valence-corrected chi connectivity index (χ2v) is 31.7. The highest BCUT2D eigenvalue weighted by atomic mass is 31.2. The van der Waals surface area contributed by atoms with E-state index in [9.17, 15) is 43.2 Å². The molecular formula is C80H152O17P2. The lowest BCUT2D eigenvalue weighted by molar-refractivity contribution is -0.161. The molecule has 0 aromatic carbocycles. The molecule has 19 heteroatoms. The number of ether oxygens (including phenoxy) is 4. The molecule has 0 fully saturated rings. The zero-order chi connectivity index (χ0) is 72.8. The van der Waals surface area contributed by atoms with E-state index in [1.807, 2.05) is 0 Å². The minimum Gasteiger partial charge on any atom is -0.462 e. The molecule has 584 valence electrons. The predicted octanol–water partition coefficient (Wildman–Crippen LogP) is 23.4. The standard InChI is InChI=1S/C80H152O17P2/c1-7-10-12-14-16-18-20-22-25-30-33-37-44-50-56-62-77(82)90-68-75(96-80(85)65-59-53-47-39-35-31-27-24-23-26-29-32-36-42-48-54-60-72(4)5)70-94-98(86,87)92-66-74(81)67-93-99(88,89)95-71-76(69-91-78(83)63-57-51-45-41-40-43-49-55-61-73(6)9-3)97-79(84)64-58-52-46-38-34-28-21-19-17-15-13-11-8-2/h18,20,22,25,72-76,81H,7-17,19,21,23-24,26-71H2,1-6H3,(H,86,87)(H,88,89)/b20-18-,25-22-/t73?,74-,75-,76-/m1/s1. The molecule has 0 radical (unpaired) electrons.